The number of hydrogen-bond acceptors (Lipinski definition) is 5. The molecule has 1 heterocycles. The number of nitrogens with zero attached hydrogens (tertiary/aromatic N) is 2. The second-order valence-corrected chi connectivity index (χ2v) is 4.69. The minimum Gasteiger partial charge on any atom is -0.468 e. The lowest BCUT2D eigenvalue weighted by Gasteiger charge is -2.36. The zero-order valence-electron chi connectivity index (χ0n) is 11.2. The number of nitriles is 1. The number of esters is 1. The van der Waals surface area contributed by atoms with Gasteiger partial charge in [0.25, 0.3) is 0 Å². The highest BCUT2D eigenvalue weighted by Gasteiger charge is 2.52. The summed E-state index contributed by atoms with van der Waals surface area (Å²) in [6.45, 7) is -1.02. The van der Waals surface area contributed by atoms with E-state index in [1.165, 1.54) is 17.0 Å². The molecule has 1 fully saturated rings. The van der Waals surface area contributed by atoms with Crippen molar-refractivity contribution in [3.8, 4) is 6.07 Å². The molecule has 2 rings (SSSR count). The first kappa shape index (κ1) is 14.9. The highest BCUT2D eigenvalue weighted by atomic mass is 19.3. The summed E-state index contributed by atoms with van der Waals surface area (Å²) in [5, 5.41) is 8.84. The van der Waals surface area contributed by atoms with Crippen LogP contribution in [-0.2, 0) is 14.3 Å². The van der Waals surface area contributed by atoms with Gasteiger partial charge in [0.2, 0.25) is 5.78 Å². The molecule has 5 nitrogen and oxygen atoms in total. The largest absolute Gasteiger partial charge is 0.468 e. The SMILES string of the molecule is COC(=O)C1CN(c2cccc(C#N)c2)CC(F)(F)C1=O. The van der Waals surface area contributed by atoms with Crippen LogP contribution in [-0.4, -0.2) is 37.9 Å². The number of benzene rings is 1. The lowest BCUT2D eigenvalue weighted by Crippen LogP contribution is -2.56. The van der Waals surface area contributed by atoms with E-state index in [4.69, 9.17) is 5.26 Å². The average Bonchev–Trinajstić information content (AvgIpc) is 2.49. The van der Waals surface area contributed by atoms with Crippen LogP contribution in [0.1, 0.15) is 5.56 Å². The number of ketones is 1. The number of carbonyl (C=O) groups is 2. The van der Waals surface area contributed by atoms with E-state index in [1.54, 1.807) is 12.1 Å². The minimum atomic E-state index is -3.64. The summed E-state index contributed by atoms with van der Waals surface area (Å²) in [5.41, 5.74) is 0.664. The maximum absolute atomic E-state index is 13.8. The van der Waals surface area contributed by atoms with Gasteiger partial charge >= 0.3 is 11.9 Å². The van der Waals surface area contributed by atoms with Crippen molar-refractivity contribution in [2.45, 2.75) is 5.92 Å². The van der Waals surface area contributed by atoms with Gasteiger partial charge in [0.15, 0.2) is 0 Å². The molecule has 0 radical (unpaired) electrons. The second-order valence-electron chi connectivity index (χ2n) is 4.69. The number of anilines is 1. The Bertz CT molecular complexity index is 625. The summed E-state index contributed by atoms with van der Waals surface area (Å²) in [5.74, 6) is -7.59. The Morgan fingerprint density at radius 1 is 1.52 bits per heavy atom. The third-order valence-electron chi connectivity index (χ3n) is 3.30. The smallest absolute Gasteiger partial charge is 0.323 e. The molecule has 110 valence electrons. The Hall–Kier alpha value is -2.49. The van der Waals surface area contributed by atoms with Gasteiger partial charge in [0, 0.05) is 12.2 Å². The van der Waals surface area contributed by atoms with Crippen molar-refractivity contribution in [3.05, 3.63) is 29.8 Å². The number of piperidine rings is 1. The van der Waals surface area contributed by atoms with Crippen LogP contribution in [0, 0.1) is 17.2 Å². The maximum atomic E-state index is 13.8. The monoisotopic (exact) mass is 294 g/mol. The van der Waals surface area contributed by atoms with E-state index >= 15 is 0 Å². The van der Waals surface area contributed by atoms with E-state index in [-0.39, 0.29) is 6.54 Å². The molecule has 7 heteroatoms. The number of methoxy groups -OCH3 is 1. The van der Waals surface area contributed by atoms with Crippen molar-refractivity contribution in [2.75, 3.05) is 25.1 Å². The molecule has 21 heavy (non-hydrogen) atoms. The average molecular weight is 294 g/mol. The van der Waals surface area contributed by atoms with Crippen LogP contribution in [0.2, 0.25) is 0 Å². The van der Waals surface area contributed by atoms with Crippen LogP contribution in [0.25, 0.3) is 0 Å². The number of ether oxygens (including phenoxy) is 1. The third-order valence-corrected chi connectivity index (χ3v) is 3.30. The summed E-state index contributed by atoms with van der Waals surface area (Å²) >= 11 is 0. The van der Waals surface area contributed by atoms with Gasteiger partial charge in [-0.05, 0) is 18.2 Å². The van der Waals surface area contributed by atoms with Gasteiger partial charge < -0.3 is 9.64 Å². The predicted molar refractivity (Wildman–Crippen MR) is 68.8 cm³/mol. The van der Waals surface area contributed by atoms with Crippen LogP contribution in [0.15, 0.2) is 24.3 Å². The molecule has 0 spiro atoms. The van der Waals surface area contributed by atoms with Crippen molar-refractivity contribution in [2.24, 2.45) is 5.92 Å². The lowest BCUT2D eigenvalue weighted by atomic mass is 9.93. The Balaban J connectivity index is 2.34. The van der Waals surface area contributed by atoms with Crippen LogP contribution in [0.5, 0.6) is 0 Å². The van der Waals surface area contributed by atoms with E-state index in [0.717, 1.165) is 7.11 Å². The van der Waals surface area contributed by atoms with Crippen LogP contribution >= 0.6 is 0 Å². The van der Waals surface area contributed by atoms with Crippen molar-refractivity contribution in [1.29, 1.82) is 5.26 Å². The quantitative estimate of drug-likeness (QED) is 0.608. The fourth-order valence-electron chi connectivity index (χ4n) is 2.23. The molecule has 0 bridgehead atoms. The van der Waals surface area contributed by atoms with E-state index in [0.29, 0.717) is 11.3 Å². The fourth-order valence-corrected chi connectivity index (χ4v) is 2.23. The van der Waals surface area contributed by atoms with Gasteiger partial charge in [-0.25, -0.2) is 0 Å². The first-order valence-electron chi connectivity index (χ1n) is 6.14. The summed E-state index contributed by atoms with van der Waals surface area (Å²) in [4.78, 5) is 24.3. The Kier molecular flexibility index (Phi) is 3.89. The molecule has 0 aromatic heterocycles. The van der Waals surface area contributed by atoms with Crippen LogP contribution in [0.3, 0.4) is 0 Å². The van der Waals surface area contributed by atoms with Gasteiger partial charge in [-0.15, -0.1) is 0 Å². The van der Waals surface area contributed by atoms with Gasteiger partial charge in [-0.2, -0.15) is 14.0 Å². The topological polar surface area (TPSA) is 70.4 Å². The van der Waals surface area contributed by atoms with E-state index in [2.05, 4.69) is 4.74 Å². The second kappa shape index (κ2) is 5.48. The number of Topliss-reactive ketones (excluding diaryl/α,β-unsaturated/α-hetero) is 1. The molecule has 0 N–H and O–H groups in total. The Morgan fingerprint density at radius 2 is 2.24 bits per heavy atom. The number of hydrogen-bond donors (Lipinski definition) is 0. The molecule has 0 saturated carbocycles. The van der Waals surface area contributed by atoms with E-state index < -0.39 is 30.1 Å². The molecular weight excluding hydrogens is 282 g/mol. The summed E-state index contributed by atoms with van der Waals surface area (Å²) < 4.78 is 32.0. The molecular formula is C14H12F2N2O3. The van der Waals surface area contributed by atoms with Crippen LogP contribution < -0.4 is 4.90 Å². The molecule has 1 aromatic rings. The fraction of sp³-hybridized carbons (Fsp3) is 0.357. The first-order valence-corrected chi connectivity index (χ1v) is 6.14. The molecule has 0 amide bonds. The molecule has 1 unspecified atom stereocenters. The van der Waals surface area contributed by atoms with Gasteiger partial charge in [0.05, 0.1) is 25.3 Å². The minimum absolute atomic E-state index is 0.198. The first-order chi connectivity index (χ1) is 9.89. The highest BCUT2D eigenvalue weighted by molar-refractivity contribution is 6.04. The number of carbonyl (C=O) groups excluding carboxylic acids is 2. The zero-order chi connectivity index (χ0) is 15.6. The summed E-state index contributed by atoms with van der Waals surface area (Å²) in [7, 11) is 1.04. The van der Waals surface area contributed by atoms with Crippen LogP contribution in [0.4, 0.5) is 14.5 Å². The normalized spacial score (nSPS) is 20.8. The molecule has 1 aliphatic heterocycles. The van der Waals surface area contributed by atoms with E-state index in [9.17, 15) is 18.4 Å². The molecule has 0 aliphatic carbocycles. The third kappa shape index (κ3) is 2.84. The lowest BCUT2D eigenvalue weighted by molar-refractivity contribution is -0.161. The van der Waals surface area contributed by atoms with Gasteiger partial charge in [-0.1, -0.05) is 6.07 Å². The van der Waals surface area contributed by atoms with Crippen molar-refractivity contribution >= 4 is 17.4 Å². The number of rotatable bonds is 2. The summed E-state index contributed by atoms with van der Waals surface area (Å²) in [6, 6.07) is 7.97. The highest BCUT2D eigenvalue weighted by Crippen LogP contribution is 2.31. The standard InChI is InChI=1S/C14H12F2N2O3/c1-21-13(20)11-7-18(8-14(15,16)12(11)19)10-4-2-3-9(5-10)6-17/h2-5,11H,7-8H2,1H3. The van der Waals surface area contributed by atoms with Crippen molar-refractivity contribution in [3.63, 3.8) is 0 Å². The predicted octanol–water partition coefficient (Wildman–Crippen LogP) is 1.37. The Morgan fingerprint density at radius 3 is 2.86 bits per heavy atom. The zero-order valence-corrected chi connectivity index (χ0v) is 11.2. The van der Waals surface area contributed by atoms with Crippen molar-refractivity contribution < 1.29 is 23.1 Å². The van der Waals surface area contributed by atoms with Crippen molar-refractivity contribution in [1.82, 2.24) is 0 Å². The van der Waals surface area contributed by atoms with Gasteiger partial charge in [0.1, 0.15) is 5.92 Å². The number of halogens is 2. The van der Waals surface area contributed by atoms with Gasteiger partial charge in [-0.3, -0.25) is 9.59 Å². The molecule has 1 aromatic carbocycles. The Labute approximate surface area is 119 Å². The molecule has 1 aliphatic rings. The molecule has 1 atom stereocenters. The maximum Gasteiger partial charge on any atom is 0.323 e. The number of alkyl halides is 2. The van der Waals surface area contributed by atoms with E-state index in [1.807, 2.05) is 6.07 Å². The molecule has 1 saturated heterocycles. The summed E-state index contributed by atoms with van der Waals surface area (Å²) in [6.07, 6.45) is 0.